The van der Waals surface area contributed by atoms with Crippen molar-refractivity contribution in [2.45, 2.75) is 26.4 Å². The molecule has 0 unspecified atom stereocenters. The Morgan fingerprint density at radius 2 is 2.18 bits per heavy atom. The van der Waals surface area contributed by atoms with E-state index in [0.717, 1.165) is 0 Å². The Bertz CT molecular complexity index is 416. The molecule has 1 rings (SSSR count). The van der Waals surface area contributed by atoms with Crippen molar-refractivity contribution in [3.63, 3.8) is 0 Å². The number of hydrogen-bond acceptors (Lipinski definition) is 5. The molecule has 0 aliphatic carbocycles. The normalized spacial score (nSPS) is 10.6. The molecule has 1 aromatic heterocycles. The Labute approximate surface area is 104 Å². The van der Waals surface area contributed by atoms with E-state index in [-0.39, 0.29) is 18.5 Å². The summed E-state index contributed by atoms with van der Waals surface area (Å²) in [6.07, 6.45) is 0. The van der Waals surface area contributed by atoms with E-state index in [2.05, 4.69) is 4.98 Å². The smallest absolute Gasteiger partial charge is 0.274 e. The molecule has 0 radical (unpaired) electrons. The number of aromatic nitrogens is 1. The van der Waals surface area contributed by atoms with Gasteiger partial charge < -0.3 is 16.4 Å². The van der Waals surface area contributed by atoms with Crippen LogP contribution in [0.4, 0.5) is 0 Å². The van der Waals surface area contributed by atoms with Gasteiger partial charge in [-0.05, 0) is 13.8 Å². The first-order valence-electron chi connectivity index (χ1n) is 5.19. The minimum absolute atomic E-state index is 0.105. The molecule has 6 nitrogen and oxygen atoms in total. The highest BCUT2D eigenvalue weighted by molar-refractivity contribution is 7.09. The Hall–Kier alpha value is -1.47. The highest BCUT2D eigenvalue weighted by Crippen LogP contribution is 2.12. The fourth-order valence-electron chi connectivity index (χ4n) is 1.31. The van der Waals surface area contributed by atoms with E-state index in [0.29, 0.717) is 17.2 Å². The molecule has 2 amide bonds. The largest absolute Gasteiger partial charge is 0.368 e. The molecule has 1 heterocycles. The van der Waals surface area contributed by atoms with Crippen LogP contribution in [0.1, 0.15) is 29.3 Å². The first kappa shape index (κ1) is 13.6. The summed E-state index contributed by atoms with van der Waals surface area (Å²) >= 11 is 1.33. The van der Waals surface area contributed by atoms with Crippen LogP contribution in [0.25, 0.3) is 0 Å². The van der Waals surface area contributed by atoms with E-state index in [1.54, 1.807) is 5.38 Å². The minimum atomic E-state index is -0.540. The summed E-state index contributed by atoms with van der Waals surface area (Å²) in [7, 11) is 0. The van der Waals surface area contributed by atoms with Crippen LogP contribution in [-0.4, -0.2) is 34.3 Å². The van der Waals surface area contributed by atoms with E-state index >= 15 is 0 Å². The summed E-state index contributed by atoms with van der Waals surface area (Å²) in [5, 5.41) is 2.33. The average molecular weight is 256 g/mol. The highest BCUT2D eigenvalue weighted by atomic mass is 32.1. The lowest BCUT2D eigenvalue weighted by Crippen LogP contribution is -2.42. The molecule has 94 valence electrons. The van der Waals surface area contributed by atoms with Gasteiger partial charge in [0.05, 0.1) is 6.54 Å². The molecule has 0 saturated carbocycles. The van der Waals surface area contributed by atoms with Crippen molar-refractivity contribution in [1.29, 1.82) is 0 Å². The number of carbonyl (C=O) groups is 2. The summed E-state index contributed by atoms with van der Waals surface area (Å²) in [6, 6.07) is -0.113. The number of carbonyl (C=O) groups excluding carboxylic acids is 2. The second-order valence-electron chi connectivity index (χ2n) is 3.82. The number of rotatable bonds is 5. The van der Waals surface area contributed by atoms with Gasteiger partial charge in [0.25, 0.3) is 5.91 Å². The minimum Gasteiger partial charge on any atom is -0.368 e. The summed E-state index contributed by atoms with van der Waals surface area (Å²) in [4.78, 5) is 28.5. The molecule has 0 aliphatic heterocycles. The van der Waals surface area contributed by atoms with E-state index < -0.39 is 5.91 Å². The van der Waals surface area contributed by atoms with Gasteiger partial charge in [0.15, 0.2) is 0 Å². The summed E-state index contributed by atoms with van der Waals surface area (Å²) in [5.41, 5.74) is 10.8. The Morgan fingerprint density at radius 3 is 2.59 bits per heavy atom. The van der Waals surface area contributed by atoms with Gasteiger partial charge in [0.1, 0.15) is 10.7 Å². The van der Waals surface area contributed by atoms with Crippen LogP contribution >= 0.6 is 11.3 Å². The molecule has 0 fully saturated rings. The fourth-order valence-corrected chi connectivity index (χ4v) is 1.96. The molecule has 1 aromatic rings. The molecule has 0 aliphatic rings. The van der Waals surface area contributed by atoms with E-state index in [9.17, 15) is 9.59 Å². The number of primary amides is 1. The van der Waals surface area contributed by atoms with Gasteiger partial charge in [-0.25, -0.2) is 4.98 Å². The third-order valence-electron chi connectivity index (χ3n) is 2.16. The molecule has 4 N–H and O–H groups in total. The van der Waals surface area contributed by atoms with Crippen LogP contribution in [0.3, 0.4) is 0 Å². The van der Waals surface area contributed by atoms with Crippen LogP contribution in [0.2, 0.25) is 0 Å². The number of nitrogens with two attached hydrogens (primary N) is 2. The van der Waals surface area contributed by atoms with E-state index in [4.69, 9.17) is 11.5 Å². The second kappa shape index (κ2) is 5.74. The standard InChI is InChI=1S/C10H16N4O2S/c1-6(2)14(4-8(12)15)10(16)7-5-17-9(3-11)13-7/h5-6H,3-4,11H2,1-2H3,(H2,12,15). The number of hydrogen-bond donors (Lipinski definition) is 2. The maximum Gasteiger partial charge on any atom is 0.274 e. The summed E-state index contributed by atoms with van der Waals surface area (Å²) in [5.74, 6) is -0.837. The lowest BCUT2D eigenvalue weighted by Gasteiger charge is -2.24. The Morgan fingerprint density at radius 1 is 1.53 bits per heavy atom. The van der Waals surface area contributed by atoms with Gasteiger partial charge in [0, 0.05) is 18.0 Å². The molecule has 0 atom stereocenters. The predicted molar refractivity (Wildman–Crippen MR) is 65.4 cm³/mol. The van der Waals surface area contributed by atoms with Gasteiger partial charge in [-0.1, -0.05) is 0 Å². The maximum atomic E-state index is 12.1. The fraction of sp³-hybridized carbons (Fsp3) is 0.500. The molecule has 0 bridgehead atoms. The molecular weight excluding hydrogens is 240 g/mol. The van der Waals surface area contributed by atoms with E-state index in [1.807, 2.05) is 13.8 Å². The van der Waals surface area contributed by atoms with Crippen molar-refractivity contribution in [3.8, 4) is 0 Å². The molecular formula is C10H16N4O2S. The molecule has 0 aromatic carbocycles. The van der Waals surface area contributed by atoms with Crippen LogP contribution < -0.4 is 11.5 Å². The van der Waals surface area contributed by atoms with Crippen molar-refractivity contribution < 1.29 is 9.59 Å². The van der Waals surface area contributed by atoms with Crippen molar-refractivity contribution in [2.75, 3.05) is 6.54 Å². The monoisotopic (exact) mass is 256 g/mol. The summed E-state index contributed by atoms with van der Waals surface area (Å²) < 4.78 is 0. The maximum absolute atomic E-state index is 12.1. The van der Waals surface area contributed by atoms with Crippen LogP contribution in [0, 0.1) is 0 Å². The Balaban J connectivity index is 2.87. The molecule has 0 spiro atoms. The topological polar surface area (TPSA) is 102 Å². The highest BCUT2D eigenvalue weighted by Gasteiger charge is 2.22. The van der Waals surface area contributed by atoms with E-state index in [1.165, 1.54) is 16.2 Å². The zero-order valence-corrected chi connectivity index (χ0v) is 10.7. The number of nitrogens with zero attached hydrogens (tertiary/aromatic N) is 2. The first-order valence-corrected chi connectivity index (χ1v) is 6.07. The lowest BCUT2D eigenvalue weighted by molar-refractivity contribution is -0.119. The quantitative estimate of drug-likeness (QED) is 0.770. The van der Waals surface area contributed by atoms with Gasteiger partial charge in [-0.15, -0.1) is 11.3 Å². The number of amides is 2. The third-order valence-corrected chi connectivity index (χ3v) is 3.03. The Kier molecular flexibility index (Phi) is 4.59. The zero-order valence-electron chi connectivity index (χ0n) is 9.84. The van der Waals surface area contributed by atoms with Gasteiger partial charge in [-0.2, -0.15) is 0 Å². The zero-order chi connectivity index (χ0) is 13.0. The first-order chi connectivity index (χ1) is 7.95. The molecule has 0 saturated heterocycles. The molecule has 17 heavy (non-hydrogen) atoms. The predicted octanol–water partition coefficient (Wildman–Crippen LogP) is -0.0623. The number of thiazole rings is 1. The SMILES string of the molecule is CC(C)N(CC(N)=O)C(=O)c1csc(CN)n1. The molecule has 7 heteroatoms. The lowest BCUT2D eigenvalue weighted by atomic mass is 10.2. The van der Waals surface area contributed by atoms with Gasteiger partial charge >= 0.3 is 0 Å². The van der Waals surface area contributed by atoms with Crippen molar-refractivity contribution in [3.05, 3.63) is 16.1 Å². The van der Waals surface area contributed by atoms with Crippen LogP contribution in [-0.2, 0) is 11.3 Å². The van der Waals surface area contributed by atoms with Crippen molar-refractivity contribution in [2.24, 2.45) is 11.5 Å². The van der Waals surface area contributed by atoms with Crippen molar-refractivity contribution in [1.82, 2.24) is 9.88 Å². The summed E-state index contributed by atoms with van der Waals surface area (Å²) in [6.45, 7) is 3.83. The third kappa shape index (κ3) is 3.50. The van der Waals surface area contributed by atoms with Gasteiger partial charge in [-0.3, -0.25) is 9.59 Å². The van der Waals surface area contributed by atoms with Crippen molar-refractivity contribution >= 4 is 23.2 Å². The van der Waals surface area contributed by atoms with Crippen LogP contribution in [0.5, 0.6) is 0 Å². The second-order valence-corrected chi connectivity index (χ2v) is 4.77. The average Bonchev–Trinajstić information content (AvgIpc) is 2.72. The van der Waals surface area contributed by atoms with Crippen LogP contribution in [0.15, 0.2) is 5.38 Å². The van der Waals surface area contributed by atoms with Gasteiger partial charge in [0.2, 0.25) is 5.91 Å².